The molecule has 3 nitrogen and oxygen atoms in total. The molecule has 0 aromatic heterocycles. The van der Waals surface area contributed by atoms with Gasteiger partial charge in [-0.1, -0.05) is 18.2 Å². The first kappa shape index (κ1) is 12.9. The fraction of sp³-hybridized carbons (Fsp3) is 0.625. The van der Waals surface area contributed by atoms with Crippen LogP contribution in [0.5, 0.6) is 0 Å². The Morgan fingerprint density at radius 2 is 2.11 bits per heavy atom. The maximum absolute atomic E-state index is 5.98. The van der Waals surface area contributed by atoms with E-state index in [0.29, 0.717) is 0 Å². The molecule has 0 amide bonds. The van der Waals surface area contributed by atoms with Crippen molar-refractivity contribution in [3.8, 4) is 0 Å². The first-order chi connectivity index (χ1) is 9.24. The standard InChI is InChI=1S/C16H25N3/c1-13(17)11-14-5-2-3-7-16(14)19-10-9-18-8-4-6-15(18)12-19/h2-3,5,7,13,15H,4,6,8-12,17H2,1H3. The van der Waals surface area contributed by atoms with Crippen molar-refractivity contribution in [1.82, 2.24) is 4.90 Å². The third kappa shape index (κ3) is 2.77. The largest absolute Gasteiger partial charge is 0.368 e. The van der Waals surface area contributed by atoms with Crippen LogP contribution >= 0.6 is 0 Å². The van der Waals surface area contributed by atoms with Crippen LogP contribution in [0.3, 0.4) is 0 Å². The van der Waals surface area contributed by atoms with Crippen molar-refractivity contribution in [3.05, 3.63) is 29.8 Å². The number of rotatable bonds is 3. The molecule has 1 aromatic rings. The molecule has 2 unspecified atom stereocenters. The van der Waals surface area contributed by atoms with Crippen LogP contribution in [0.25, 0.3) is 0 Å². The second-order valence-corrected chi connectivity index (χ2v) is 6.09. The molecule has 2 saturated heterocycles. The minimum Gasteiger partial charge on any atom is -0.368 e. The zero-order chi connectivity index (χ0) is 13.2. The normalized spacial score (nSPS) is 25.4. The molecular formula is C16H25N3. The summed E-state index contributed by atoms with van der Waals surface area (Å²) < 4.78 is 0. The van der Waals surface area contributed by atoms with Crippen LogP contribution in [-0.2, 0) is 6.42 Å². The first-order valence-electron chi connectivity index (χ1n) is 7.56. The van der Waals surface area contributed by atoms with E-state index >= 15 is 0 Å². The molecule has 2 aliphatic heterocycles. The summed E-state index contributed by atoms with van der Waals surface area (Å²) >= 11 is 0. The Bertz CT molecular complexity index is 430. The molecule has 0 bridgehead atoms. The number of nitrogens with two attached hydrogens (primary N) is 1. The maximum Gasteiger partial charge on any atom is 0.0400 e. The number of piperazine rings is 1. The Hall–Kier alpha value is -1.06. The number of benzene rings is 1. The van der Waals surface area contributed by atoms with Crippen molar-refractivity contribution < 1.29 is 0 Å². The molecule has 2 atom stereocenters. The minimum atomic E-state index is 0.230. The summed E-state index contributed by atoms with van der Waals surface area (Å²) in [6, 6.07) is 9.79. The van der Waals surface area contributed by atoms with Gasteiger partial charge in [-0.15, -0.1) is 0 Å². The molecule has 3 heteroatoms. The zero-order valence-electron chi connectivity index (χ0n) is 11.9. The van der Waals surface area contributed by atoms with Crippen LogP contribution in [0.2, 0.25) is 0 Å². The van der Waals surface area contributed by atoms with Gasteiger partial charge in [0.05, 0.1) is 0 Å². The van der Waals surface area contributed by atoms with Gasteiger partial charge < -0.3 is 10.6 Å². The van der Waals surface area contributed by atoms with Crippen LogP contribution in [0.15, 0.2) is 24.3 Å². The number of para-hydroxylation sites is 1. The van der Waals surface area contributed by atoms with E-state index in [1.807, 2.05) is 0 Å². The van der Waals surface area contributed by atoms with Crippen LogP contribution in [0.1, 0.15) is 25.3 Å². The third-order valence-electron chi connectivity index (χ3n) is 4.46. The van der Waals surface area contributed by atoms with E-state index in [1.165, 1.54) is 43.7 Å². The van der Waals surface area contributed by atoms with Crippen LogP contribution in [0.4, 0.5) is 5.69 Å². The summed E-state index contributed by atoms with van der Waals surface area (Å²) in [6.07, 6.45) is 3.72. The quantitative estimate of drug-likeness (QED) is 0.899. The van der Waals surface area contributed by atoms with Gasteiger partial charge in [0, 0.05) is 37.4 Å². The third-order valence-corrected chi connectivity index (χ3v) is 4.46. The van der Waals surface area contributed by atoms with Gasteiger partial charge in [-0.05, 0) is 44.4 Å². The molecule has 0 saturated carbocycles. The molecule has 19 heavy (non-hydrogen) atoms. The van der Waals surface area contributed by atoms with Gasteiger partial charge >= 0.3 is 0 Å². The topological polar surface area (TPSA) is 32.5 Å². The highest BCUT2D eigenvalue weighted by Crippen LogP contribution is 2.28. The monoisotopic (exact) mass is 259 g/mol. The van der Waals surface area contributed by atoms with Crippen LogP contribution in [0, 0.1) is 0 Å². The SMILES string of the molecule is CC(N)Cc1ccccc1N1CCN2CCCC2C1. The van der Waals surface area contributed by atoms with Gasteiger partial charge in [0.1, 0.15) is 0 Å². The van der Waals surface area contributed by atoms with Crippen LogP contribution in [-0.4, -0.2) is 43.2 Å². The Labute approximate surface area is 116 Å². The maximum atomic E-state index is 5.98. The average molecular weight is 259 g/mol. The Kier molecular flexibility index (Phi) is 3.76. The van der Waals surface area contributed by atoms with Gasteiger partial charge in [-0.25, -0.2) is 0 Å². The molecule has 2 N–H and O–H groups in total. The summed E-state index contributed by atoms with van der Waals surface area (Å²) in [5, 5.41) is 0. The number of nitrogens with zero attached hydrogens (tertiary/aromatic N) is 2. The molecule has 104 valence electrons. The summed E-state index contributed by atoms with van der Waals surface area (Å²) in [5.74, 6) is 0. The Balaban J connectivity index is 1.78. The number of hydrogen-bond acceptors (Lipinski definition) is 3. The summed E-state index contributed by atoms with van der Waals surface area (Å²) in [4.78, 5) is 5.23. The highest BCUT2D eigenvalue weighted by atomic mass is 15.3. The lowest BCUT2D eigenvalue weighted by Crippen LogP contribution is -2.50. The van der Waals surface area contributed by atoms with Crippen LogP contribution < -0.4 is 10.6 Å². The number of anilines is 1. The fourth-order valence-corrected chi connectivity index (χ4v) is 3.55. The van der Waals surface area contributed by atoms with E-state index in [-0.39, 0.29) is 6.04 Å². The fourth-order valence-electron chi connectivity index (χ4n) is 3.55. The molecule has 0 aliphatic carbocycles. The van der Waals surface area contributed by atoms with Crippen molar-refractivity contribution in [3.63, 3.8) is 0 Å². The summed E-state index contributed by atoms with van der Waals surface area (Å²) in [5.41, 5.74) is 8.80. The molecule has 2 fully saturated rings. The van der Waals surface area contributed by atoms with E-state index in [0.717, 1.165) is 19.0 Å². The van der Waals surface area contributed by atoms with Gasteiger partial charge in [0.15, 0.2) is 0 Å². The van der Waals surface area contributed by atoms with E-state index in [2.05, 4.69) is 41.0 Å². The molecular weight excluding hydrogens is 234 g/mol. The second kappa shape index (κ2) is 5.51. The molecule has 2 aliphatic rings. The van der Waals surface area contributed by atoms with E-state index in [4.69, 9.17) is 5.73 Å². The van der Waals surface area contributed by atoms with Crippen molar-refractivity contribution in [1.29, 1.82) is 0 Å². The molecule has 3 rings (SSSR count). The zero-order valence-corrected chi connectivity index (χ0v) is 11.9. The Morgan fingerprint density at radius 3 is 2.95 bits per heavy atom. The van der Waals surface area contributed by atoms with E-state index < -0.39 is 0 Å². The molecule has 0 spiro atoms. The lowest BCUT2D eigenvalue weighted by molar-refractivity contribution is 0.231. The smallest absolute Gasteiger partial charge is 0.0400 e. The minimum absolute atomic E-state index is 0.230. The highest BCUT2D eigenvalue weighted by molar-refractivity contribution is 5.54. The number of fused-ring (bicyclic) bond motifs is 1. The predicted octanol–water partition coefficient (Wildman–Crippen LogP) is 1.86. The van der Waals surface area contributed by atoms with Crippen molar-refractivity contribution in [2.24, 2.45) is 5.73 Å². The first-order valence-corrected chi connectivity index (χ1v) is 7.56. The molecule has 2 heterocycles. The van der Waals surface area contributed by atoms with Crippen molar-refractivity contribution in [2.45, 2.75) is 38.3 Å². The molecule has 0 radical (unpaired) electrons. The number of hydrogen-bond donors (Lipinski definition) is 1. The van der Waals surface area contributed by atoms with Gasteiger partial charge in [-0.2, -0.15) is 0 Å². The summed E-state index contributed by atoms with van der Waals surface area (Å²) in [6.45, 7) is 6.96. The second-order valence-electron chi connectivity index (χ2n) is 6.09. The van der Waals surface area contributed by atoms with E-state index in [9.17, 15) is 0 Å². The average Bonchev–Trinajstić information content (AvgIpc) is 2.86. The lowest BCUT2D eigenvalue weighted by atomic mass is 10.0. The highest BCUT2D eigenvalue weighted by Gasteiger charge is 2.31. The lowest BCUT2D eigenvalue weighted by Gasteiger charge is -2.39. The van der Waals surface area contributed by atoms with Gasteiger partial charge in [0.2, 0.25) is 0 Å². The van der Waals surface area contributed by atoms with Gasteiger partial charge in [-0.3, -0.25) is 4.90 Å². The van der Waals surface area contributed by atoms with Crippen molar-refractivity contribution >= 4 is 5.69 Å². The van der Waals surface area contributed by atoms with E-state index in [1.54, 1.807) is 0 Å². The molecule has 1 aromatic carbocycles. The predicted molar refractivity (Wildman–Crippen MR) is 80.6 cm³/mol. The van der Waals surface area contributed by atoms with Gasteiger partial charge in [0.25, 0.3) is 0 Å². The summed E-state index contributed by atoms with van der Waals surface area (Å²) in [7, 11) is 0. The Morgan fingerprint density at radius 1 is 1.26 bits per heavy atom. The van der Waals surface area contributed by atoms with Crippen molar-refractivity contribution in [2.75, 3.05) is 31.1 Å².